The highest BCUT2D eigenvalue weighted by molar-refractivity contribution is 7.20. The highest BCUT2D eigenvalue weighted by Gasteiger charge is 2.16. The summed E-state index contributed by atoms with van der Waals surface area (Å²) in [5, 5.41) is 13.4. The molecule has 1 aromatic heterocycles. The lowest BCUT2D eigenvalue weighted by molar-refractivity contribution is 0.0920. The molecule has 0 bridgehead atoms. The molecule has 0 saturated heterocycles. The second kappa shape index (κ2) is 6.08. The van der Waals surface area contributed by atoms with Crippen LogP contribution in [0.2, 0.25) is 0 Å². The van der Waals surface area contributed by atoms with Crippen LogP contribution in [0.3, 0.4) is 0 Å². The van der Waals surface area contributed by atoms with Crippen molar-refractivity contribution in [1.29, 1.82) is 0 Å². The molecular weight excluding hydrogens is 282 g/mol. The Hall–Kier alpha value is -2.17. The number of hydrogen-bond acceptors (Lipinski definition) is 3. The summed E-state index contributed by atoms with van der Waals surface area (Å²) in [6.07, 6.45) is 0. The first-order valence-electron chi connectivity index (χ1n) is 6.73. The molecule has 1 heterocycles. The molecule has 3 rings (SSSR count). The number of fused-ring (bicyclic) bond motifs is 1. The van der Waals surface area contributed by atoms with E-state index in [4.69, 9.17) is 0 Å². The lowest BCUT2D eigenvalue weighted by Crippen LogP contribution is -2.30. The Morgan fingerprint density at radius 2 is 1.81 bits per heavy atom. The van der Waals surface area contributed by atoms with E-state index in [0.29, 0.717) is 4.88 Å². The second-order valence-corrected chi connectivity index (χ2v) is 5.85. The molecule has 0 saturated carbocycles. The molecule has 21 heavy (non-hydrogen) atoms. The third-order valence-electron chi connectivity index (χ3n) is 3.34. The molecule has 0 unspecified atom stereocenters. The van der Waals surface area contributed by atoms with Gasteiger partial charge in [-0.25, -0.2) is 0 Å². The Morgan fingerprint density at radius 1 is 1.10 bits per heavy atom. The van der Waals surface area contributed by atoms with Crippen molar-refractivity contribution in [3.05, 3.63) is 71.1 Å². The van der Waals surface area contributed by atoms with E-state index in [1.54, 1.807) is 0 Å². The van der Waals surface area contributed by atoms with Crippen LogP contribution in [0, 0.1) is 0 Å². The number of aliphatic hydroxyl groups is 1. The van der Waals surface area contributed by atoms with Gasteiger partial charge in [-0.15, -0.1) is 11.3 Å². The van der Waals surface area contributed by atoms with E-state index in [1.165, 1.54) is 11.3 Å². The normalized spacial score (nSPS) is 12.2. The van der Waals surface area contributed by atoms with Crippen LogP contribution in [-0.2, 0) is 0 Å². The second-order valence-electron chi connectivity index (χ2n) is 4.77. The minimum atomic E-state index is -0.385. The van der Waals surface area contributed by atoms with Gasteiger partial charge in [0.15, 0.2) is 0 Å². The van der Waals surface area contributed by atoms with Gasteiger partial charge in [0.1, 0.15) is 0 Å². The summed E-state index contributed by atoms with van der Waals surface area (Å²) in [6.45, 7) is -0.124. The molecule has 0 aliphatic carbocycles. The maximum atomic E-state index is 12.3. The molecule has 3 nitrogen and oxygen atoms in total. The van der Waals surface area contributed by atoms with Gasteiger partial charge in [0.2, 0.25) is 0 Å². The fourth-order valence-electron chi connectivity index (χ4n) is 2.24. The number of carbonyl (C=O) groups excluding carboxylic acids is 1. The number of amides is 1. The van der Waals surface area contributed by atoms with Gasteiger partial charge >= 0.3 is 0 Å². The Bertz CT molecular complexity index is 719. The average molecular weight is 297 g/mol. The van der Waals surface area contributed by atoms with Crippen molar-refractivity contribution >= 4 is 27.3 Å². The number of hydrogen-bond donors (Lipinski definition) is 2. The van der Waals surface area contributed by atoms with Crippen LogP contribution in [0.15, 0.2) is 60.7 Å². The lowest BCUT2D eigenvalue weighted by Gasteiger charge is -2.16. The van der Waals surface area contributed by atoms with Gasteiger partial charge in [0.25, 0.3) is 5.91 Å². The summed E-state index contributed by atoms with van der Waals surface area (Å²) >= 11 is 1.46. The molecule has 0 aliphatic rings. The molecule has 2 aromatic carbocycles. The van der Waals surface area contributed by atoms with Crippen LogP contribution >= 0.6 is 11.3 Å². The molecule has 3 aromatic rings. The largest absolute Gasteiger partial charge is 0.394 e. The van der Waals surface area contributed by atoms with E-state index in [-0.39, 0.29) is 18.6 Å². The smallest absolute Gasteiger partial charge is 0.261 e. The first-order chi connectivity index (χ1) is 10.3. The predicted molar refractivity (Wildman–Crippen MR) is 85.6 cm³/mol. The number of rotatable bonds is 4. The van der Waals surface area contributed by atoms with Gasteiger partial charge < -0.3 is 10.4 Å². The summed E-state index contributed by atoms with van der Waals surface area (Å²) in [5.41, 5.74) is 0.898. The SMILES string of the molecule is O=C(N[C@H](CO)c1ccccc1)c1cc2ccccc2s1. The summed E-state index contributed by atoms with van der Waals surface area (Å²) in [6, 6.07) is 18.9. The van der Waals surface area contributed by atoms with Crippen LogP contribution in [-0.4, -0.2) is 17.6 Å². The van der Waals surface area contributed by atoms with Crippen molar-refractivity contribution in [3.63, 3.8) is 0 Å². The first-order valence-corrected chi connectivity index (χ1v) is 7.55. The summed E-state index contributed by atoms with van der Waals surface area (Å²) in [4.78, 5) is 13.0. The Labute approximate surface area is 126 Å². The van der Waals surface area contributed by atoms with Gasteiger partial charge in [0, 0.05) is 4.70 Å². The quantitative estimate of drug-likeness (QED) is 0.775. The first kappa shape index (κ1) is 13.8. The number of nitrogens with one attached hydrogen (secondary N) is 1. The molecule has 1 amide bonds. The monoisotopic (exact) mass is 297 g/mol. The van der Waals surface area contributed by atoms with E-state index < -0.39 is 0 Å². The van der Waals surface area contributed by atoms with Crippen molar-refractivity contribution in [2.45, 2.75) is 6.04 Å². The fourth-order valence-corrected chi connectivity index (χ4v) is 3.21. The molecule has 0 fully saturated rings. The number of aliphatic hydroxyl groups excluding tert-OH is 1. The molecule has 1 atom stereocenters. The average Bonchev–Trinajstić information content (AvgIpc) is 2.97. The van der Waals surface area contributed by atoms with Gasteiger partial charge in [-0.1, -0.05) is 48.5 Å². The fraction of sp³-hybridized carbons (Fsp3) is 0.118. The van der Waals surface area contributed by atoms with Gasteiger partial charge in [0.05, 0.1) is 17.5 Å². The zero-order chi connectivity index (χ0) is 14.7. The minimum Gasteiger partial charge on any atom is -0.394 e. The van der Waals surface area contributed by atoms with E-state index in [9.17, 15) is 9.90 Å². The summed E-state index contributed by atoms with van der Waals surface area (Å²) < 4.78 is 1.09. The zero-order valence-corrected chi connectivity index (χ0v) is 12.1. The zero-order valence-electron chi connectivity index (χ0n) is 11.3. The van der Waals surface area contributed by atoms with E-state index in [2.05, 4.69) is 5.32 Å². The Balaban J connectivity index is 1.81. The van der Waals surface area contributed by atoms with Crippen molar-refractivity contribution in [2.24, 2.45) is 0 Å². The molecule has 0 aliphatic heterocycles. The highest BCUT2D eigenvalue weighted by Crippen LogP contribution is 2.25. The van der Waals surface area contributed by atoms with Gasteiger partial charge in [-0.3, -0.25) is 4.79 Å². The molecule has 106 valence electrons. The van der Waals surface area contributed by atoms with Crippen LogP contribution in [0.1, 0.15) is 21.3 Å². The van der Waals surface area contributed by atoms with E-state index in [0.717, 1.165) is 15.6 Å². The molecular formula is C17H15NO2S. The number of thiophene rings is 1. The van der Waals surface area contributed by atoms with Crippen molar-refractivity contribution in [2.75, 3.05) is 6.61 Å². The highest BCUT2D eigenvalue weighted by atomic mass is 32.1. The summed E-state index contributed by atoms with van der Waals surface area (Å²) in [7, 11) is 0. The van der Waals surface area contributed by atoms with E-state index >= 15 is 0 Å². The number of carbonyl (C=O) groups is 1. The standard InChI is InChI=1S/C17H15NO2S/c19-11-14(12-6-2-1-3-7-12)18-17(20)16-10-13-8-4-5-9-15(13)21-16/h1-10,14,19H,11H2,(H,18,20)/t14-/m1/s1. The molecule has 2 N–H and O–H groups in total. The Morgan fingerprint density at radius 3 is 2.52 bits per heavy atom. The lowest BCUT2D eigenvalue weighted by atomic mass is 10.1. The van der Waals surface area contributed by atoms with Crippen molar-refractivity contribution < 1.29 is 9.90 Å². The third-order valence-corrected chi connectivity index (χ3v) is 4.45. The van der Waals surface area contributed by atoms with Crippen LogP contribution < -0.4 is 5.32 Å². The number of benzene rings is 2. The van der Waals surface area contributed by atoms with Crippen LogP contribution in [0.4, 0.5) is 0 Å². The minimum absolute atomic E-state index is 0.124. The third kappa shape index (κ3) is 2.96. The Kier molecular flexibility index (Phi) is 3.99. The summed E-state index contributed by atoms with van der Waals surface area (Å²) in [5.74, 6) is -0.154. The van der Waals surface area contributed by atoms with Crippen LogP contribution in [0.25, 0.3) is 10.1 Å². The molecule has 0 radical (unpaired) electrons. The van der Waals surface area contributed by atoms with Gasteiger partial charge in [-0.2, -0.15) is 0 Å². The molecule has 4 heteroatoms. The van der Waals surface area contributed by atoms with Gasteiger partial charge in [-0.05, 0) is 23.1 Å². The molecule has 0 spiro atoms. The van der Waals surface area contributed by atoms with E-state index in [1.807, 2.05) is 60.7 Å². The van der Waals surface area contributed by atoms with Crippen molar-refractivity contribution in [1.82, 2.24) is 5.32 Å². The topological polar surface area (TPSA) is 49.3 Å². The predicted octanol–water partition coefficient (Wildman–Crippen LogP) is 3.36. The maximum Gasteiger partial charge on any atom is 0.261 e. The van der Waals surface area contributed by atoms with Crippen LogP contribution in [0.5, 0.6) is 0 Å². The maximum absolute atomic E-state index is 12.3. The van der Waals surface area contributed by atoms with Crippen molar-refractivity contribution in [3.8, 4) is 0 Å².